The number of anilines is 2. The molecule has 0 radical (unpaired) electrons. The van der Waals surface area contributed by atoms with Crippen LogP contribution in [-0.2, 0) is 24.3 Å². The van der Waals surface area contributed by atoms with Crippen molar-refractivity contribution in [1.82, 2.24) is 4.98 Å². The van der Waals surface area contributed by atoms with E-state index < -0.39 is 35.1 Å². The van der Waals surface area contributed by atoms with Crippen molar-refractivity contribution in [2.45, 2.75) is 4.21 Å². The average molecular weight is 574 g/mol. The van der Waals surface area contributed by atoms with Crippen LogP contribution in [0.1, 0.15) is 0 Å². The van der Waals surface area contributed by atoms with Crippen molar-refractivity contribution in [2.24, 2.45) is 0 Å². The van der Waals surface area contributed by atoms with Crippen molar-refractivity contribution in [3.8, 4) is 22.8 Å². The van der Waals surface area contributed by atoms with E-state index in [1.165, 1.54) is 24.5 Å². The van der Waals surface area contributed by atoms with Crippen LogP contribution in [0.2, 0.25) is 0 Å². The number of hydrogen-bond acceptors (Lipinski definition) is 10. The van der Waals surface area contributed by atoms with Gasteiger partial charge < -0.3 is 14.2 Å². The zero-order chi connectivity index (χ0) is 27.1. The van der Waals surface area contributed by atoms with Crippen LogP contribution in [0.5, 0.6) is 11.5 Å². The quantitative estimate of drug-likeness (QED) is 0.264. The first-order chi connectivity index (χ1) is 18.3. The van der Waals surface area contributed by atoms with Gasteiger partial charge in [-0.15, -0.1) is 22.7 Å². The first kappa shape index (κ1) is 27.1. The minimum Gasteiger partial charge on any atom is -0.497 e. The van der Waals surface area contributed by atoms with E-state index in [1.54, 1.807) is 48.2 Å². The Balaban J connectivity index is 1.21. The molecule has 1 N–H and O–H groups in total. The largest absolute Gasteiger partial charge is 0.497 e. The van der Waals surface area contributed by atoms with Crippen LogP contribution in [0.25, 0.3) is 11.3 Å². The highest BCUT2D eigenvalue weighted by Gasteiger charge is 2.22. The Kier molecular flexibility index (Phi) is 8.61. The van der Waals surface area contributed by atoms with Gasteiger partial charge >= 0.3 is 5.97 Å². The van der Waals surface area contributed by atoms with Gasteiger partial charge in [-0.1, -0.05) is 6.07 Å². The number of amides is 1. The molecular weight excluding hydrogens is 550 g/mol. The summed E-state index contributed by atoms with van der Waals surface area (Å²) in [4.78, 5) is 28.5. The third kappa shape index (κ3) is 6.68. The fourth-order valence-electron chi connectivity index (χ4n) is 3.15. The maximum Gasteiger partial charge on any atom is 0.344 e. The molecule has 0 saturated carbocycles. The van der Waals surface area contributed by atoms with Gasteiger partial charge in [0.05, 0.1) is 18.5 Å². The van der Waals surface area contributed by atoms with Crippen molar-refractivity contribution < 1.29 is 32.2 Å². The Morgan fingerprint density at radius 1 is 0.974 bits per heavy atom. The number of rotatable bonds is 11. The van der Waals surface area contributed by atoms with Gasteiger partial charge in [0, 0.05) is 18.0 Å². The number of nitrogens with zero attached hydrogens (tertiary/aromatic N) is 2. The summed E-state index contributed by atoms with van der Waals surface area (Å²) in [5, 5.41) is 6.47. The summed E-state index contributed by atoms with van der Waals surface area (Å²) in [5.41, 5.74) is 2.00. The molecule has 4 aromatic rings. The lowest BCUT2D eigenvalue weighted by Gasteiger charge is -2.18. The normalized spacial score (nSPS) is 11.0. The standard InChI is InChI=1S/C25H23N3O7S3/c1-28(38(31,32)24-4-3-13-36-24)18-7-11-20(12-8-18)34-15-23(30)35-14-22(29)27-25-26-21(16-37-25)17-5-9-19(33-2)10-6-17/h3-13,16H,14-15H2,1-2H3,(H,26,27,29). The summed E-state index contributed by atoms with van der Waals surface area (Å²) in [6, 6.07) is 16.8. The first-order valence-electron chi connectivity index (χ1n) is 11.1. The summed E-state index contributed by atoms with van der Waals surface area (Å²) in [7, 11) is -0.605. The second kappa shape index (κ2) is 12.1. The van der Waals surface area contributed by atoms with E-state index in [1.807, 2.05) is 24.3 Å². The smallest absolute Gasteiger partial charge is 0.344 e. The lowest BCUT2D eigenvalue weighted by Crippen LogP contribution is -2.25. The van der Waals surface area contributed by atoms with Crippen molar-refractivity contribution in [3.63, 3.8) is 0 Å². The van der Waals surface area contributed by atoms with Crippen LogP contribution in [0.3, 0.4) is 0 Å². The van der Waals surface area contributed by atoms with Gasteiger partial charge in [-0.25, -0.2) is 18.2 Å². The SMILES string of the molecule is COc1ccc(-c2csc(NC(=O)COC(=O)COc3ccc(N(C)S(=O)(=O)c4cccs4)cc3)n2)cc1. The molecule has 0 bridgehead atoms. The number of carbonyl (C=O) groups excluding carboxylic acids is 2. The third-order valence-corrected chi connectivity index (χ3v) is 9.08. The monoisotopic (exact) mass is 573 g/mol. The zero-order valence-corrected chi connectivity index (χ0v) is 22.8. The minimum absolute atomic E-state index is 0.236. The highest BCUT2D eigenvalue weighted by atomic mass is 32.2. The van der Waals surface area contributed by atoms with Crippen molar-refractivity contribution >= 4 is 55.4 Å². The van der Waals surface area contributed by atoms with Crippen molar-refractivity contribution in [2.75, 3.05) is 37.0 Å². The van der Waals surface area contributed by atoms with Crippen LogP contribution in [-0.4, -0.2) is 52.6 Å². The highest BCUT2D eigenvalue weighted by Crippen LogP contribution is 2.27. The highest BCUT2D eigenvalue weighted by molar-refractivity contribution is 7.94. The molecule has 0 spiro atoms. The van der Waals surface area contributed by atoms with Gasteiger partial charge in [0.2, 0.25) is 0 Å². The van der Waals surface area contributed by atoms with E-state index in [-0.39, 0.29) is 4.21 Å². The number of thiophene rings is 1. The number of nitrogens with one attached hydrogen (secondary N) is 1. The van der Waals surface area contributed by atoms with Gasteiger partial charge in [-0.05, 0) is 60.0 Å². The Bertz CT molecular complexity index is 1480. The summed E-state index contributed by atoms with van der Waals surface area (Å²) >= 11 is 2.38. The molecular formula is C25H23N3O7S3. The number of ether oxygens (including phenoxy) is 3. The van der Waals surface area contributed by atoms with Crippen molar-refractivity contribution in [1.29, 1.82) is 0 Å². The number of thiazole rings is 1. The molecule has 4 rings (SSSR count). The molecule has 198 valence electrons. The zero-order valence-electron chi connectivity index (χ0n) is 20.3. The Hall–Kier alpha value is -3.94. The predicted octanol–water partition coefficient (Wildman–Crippen LogP) is 4.27. The van der Waals surface area contributed by atoms with Gasteiger partial charge in [-0.2, -0.15) is 0 Å². The second-order valence-corrected chi connectivity index (χ2v) is 11.7. The molecule has 0 fully saturated rings. The summed E-state index contributed by atoms with van der Waals surface area (Å²) in [6.07, 6.45) is 0. The summed E-state index contributed by atoms with van der Waals surface area (Å²) < 4.78 is 42.1. The summed E-state index contributed by atoms with van der Waals surface area (Å²) in [5.74, 6) is -0.202. The molecule has 0 aliphatic carbocycles. The first-order valence-corrected chi connectivity index (χ1v) is 14.3. The molecule has 2 aromatic carbocycles. The van der Waals surface area contributed by atoms with Gasteiger partial charge in [-0.3, -0.25) is 14.4 Å². The molecule has 10 nitrogen and oxygen atoms in total. The van der Waals surface area contributed by atoms with Crippen LogP contribution in [0.4, 0.5) is 10.8 Å². The fourth-order valence-corrected chi connectivity index (χ4v) is 6.24. The fraction of sp³-hybridized carbons (Fsp3) is 0.160. The van der Waals surface area contributed by atoms with E-state index in [2.05, 4.69) is 10.3 Å². The van der Waals surface area contributed by atoms with Crippen LogP contribution < -0.4 is 19.1 Å². The van der Waals surface area contributed by atoms with Crippen molar-refractivity contribution in [3.05, 3.63) is 71.4 Å². The molecule has 38 heavy (non-hydrogen) atoms. The number of aromatic nitrogens is 1. The Morgan fingerprint density at radius 3 is 2.34 bits per heavy atom. The van der Waals surface area contributed by atoms with E-state index >= 15 is 0 Å². The van der Waals surface area contributed by atoms with Gasteiger partial charge in [0.25, 0.3) is 15.9 Å². The molecule has 0 unspecified atom stereocenters. The topological polar surface area (TPSA) is 124 Å². The summed E-state index contributed by atoms with van der Waals surface area (Å²) in [6.45, 7) is -0.918. The molecule has 0 aliphatic heterocycles. The predicted molar refractivity (Wildman–Crippen MR) is 146 cm³/mol. The number of hydrogen-bond donors (Lipinski definition) is 1. The molecule has 1 amide bonds. The number of benzene rings is 2. The number of sulfonamides is 1. The number of carbonyl (C=O) groups is 2. The van der Waals surface area contributed by atoms with E-state index in [0.717, 1.165) is 27.0 Å². The number of methoxy groups -OCH3 is 1. The van der Waals surface area contributed by atoms with E-state index in [9.17, 15) is 18.0 Å². The van der Waals surface area contributed by atoms with Crippen LogP contribution in [0, 0.1) is 0 Å². The van der Waals surface area contributed by atoms with Crippen LogP contribution in [0.15, 0.2) is 75.6 Å². The maximum atomic E-state index is 12.6. The van der Waals surface area contributed by atoms with Crippen LogP contribution >= 0.6 is 22.7 Å². The molecule has 2 heterocycles. The molecule has 0 atom stereocenters. The molecule has 0 saturated heterocycles. The molecule has 2 aromatic heterocycles. The van der Waals surface area contributed by atoms with Gasteiger partial charge in [0.15, 0.2) is 18.3 Å². The lowest BCUT2D eigenvalue weighted by molar-refractivity contribution is -0.149. The minimum atomic E-state index is -3.65. The Labute approximate surface area is 227 Å². The molecule has 0 aliphatic rings. The second-order valence-electron chi connectivity index (χ2n) is 7.66. The third-order valence-electron chi connectivity index (χ3n) is 5.17. The van der Waals surface area contributed by atoms with Gasteiger partial charge in [0.1, 0.15) is 15.7 Å². The number of esters is 1. The van der Waals surface area contributed by atoms with E-state index in [4.69, 9.17) is 14.2 Å². The maximum absolute atomic E-state index is 12.6. The average Bonchev–Trinajstić information content (AvgIpc) is 3.64. The van der Waals surface area contributed by atoms with E-state index in [0.29, 0.717) is 22.3 Å². The Morgan fingerprint density at radius 2 is 1.68 bits per heavy atom. The lowest BCUT2D eigenvalue weighted by atomic mass is 10.2. The molecule has 13 heteroatoms.